The molecule has 0 saturated carbocycles. The van der Waals surface area contributed by atoms with Gasteiger partial charge in [-0.05, 0) is 82.2 Å². The summed E-state index contributed by atoms with van der Waals surface area (Å²) in [7, 11) is 0. The van der Waals surface area contributed by atoms with E-state index in [9.17, 15) is 9.59 Å². The number of fused-ring (bicyclic) bond motifs is 1. The van der Waals surface area contributed by atoms with Gasteiger partial charge < -0.3 is 9.47 Å². The highest BCUT2D eigenvalue weighted by Gasteiger charge is 2.15. The molecule has 2 amide bonds. The average Bonchev–Trinajstić information content (AvgIpc) is 2.78. The van der Waals surface area contributed by atoms with Gasteiger partial charge in [-0.15, -0.1) is 0 Å². The summed E-state index contributed by atoms with van der Waals surface area (Å²) in [5.74, 6) is -0.0120. The number of hydrogen-bond donors (Lipinski definition) is 3. The number of nitrogens with one attached hydrogen (secondary N) is 3. The molecule has 3 aromatic rings. The summed E-state index contributed by atoms with van der Waals surface area (Å²) in [6, 6.07) is 14.6. The first-order valence-electron chi connectivity index (χ1n) is 9.61. The van der Waals surface area contributed by atoms with Crippen molar-refractivity contribution >= 4 is 87.7 Å². The van der Waals surface area contributed by atoms with Crippen LogP contribution in [0.3, 0.4) is 0 Å². The average molecular weight is 660 g/mol. The topological polar surface area (TPSA) is 88.7 Å². The van der Waals surface area contributed by atoms with E-state index in [-0.39, 0.29) is 11.7 Å². The number of ether oxygens (including phenoxy) is 2. The van der Waals surface area contributed by atoms with Crippen LogP contribution in [0.2, 0.25) is 0 Å². The molecule has 0 atom stereocenters. The van der Waals surface area contributed by atoms with Gasteiger partial charge in [0.25, 0.3) is 11.8 Å². The van der Waals surface area contributed by atoms with Crippen molar-refractivity contribution in [3.63, 3.8) is 0 Å². The van der Waals surface area contributed by atoms with E-state index in [1.54, 1.807) is 24.3 Å². The lowest BCUT2D eigenvalue weighted by molar-refractivity contribution is -0.123. The first-order chi connectivity index (χ1) is 15.8. The number of thiocarbonyl (C=S) groups is 1. The van der Waals surface area contributed by atoms with Crippen molar-refractivity contribution in [3.05, 3.63) is 67.5 Å². The summed E-state index contributed by atoms with van der Waals surface area (Å²) < 4.78 is 13.5. The Bertz CT molecular complexity index is 1220. The molecule has 33 heavy (non-hydrogen) atoms. The summed E-state index contributed by atoms with van der Waals surface area (Å²) in [5, 5.41) is 4.40. The van der Waals surface area contributed by atoms with Gasteiger partial charge in [-0.1, -0.05) is 44.0 Å². The number of halogens is 3. The number of amides is 2. The van der Waals surface area contributed by atoms with Crippen LogP contribution in [0, 0.1) is 0 Å². The Labute approximate surface area is 220 Å². The highest BCUT2D eigenvalue weighted by molar-refractivity contribution is 9.11. The maximum absolute atomic E-state index is 12.5. The predicted molar refractivity (Wildman–Crippen MR) is 141 cm³/mol. The highest BCUT2D eigenvalue weighted by atomic mass is 79.9. The fourth-order valence-corrected chi connectivity index (χ4v) is 4.31. The molecule has 11 heteroatoms. The van der Waals surface area contributed by atoms with E-state index in [0.29, 0.717) is 28.1 Å². The molecule has 0 unspecified atom stereocenters. The van der Waals surface area contributed by atoms with E-state index >= 15 is 0 Å². The van der Waals surface area contributed by atoms with Gasteiger partial charge >= 0.3 is 0 Å². The second-order valence-corrected chi connectivity index (χ2v) is 9.59. The smallest absolute Gasteiger partial charge is 0.276 e. The molecule has 3 rings (SSSR count). The summed E-state index contributed by atoms with van der Waals surface area (Å²) >= 11 is 15.4. The predicted octanol–water partition coefficient (Wildman–Crippen LogP) is 5.24. The second kappa shape index (κ2) is 11.8. The fraction of sp³-hybridized carbons (Fsp3) is 0.136. The molecular weight excluding hydrogens is 642 g/mol. The monoisotopic (exact) mass is 657 g/mol. The minimum atomic E-state index is -0.480. The molecule has 0 aliphatic carbocycles. The number of benzene rings is 3. The van der Waals surface area contributed by atoms with E-state index in [1.807, 2.05) is 31.2 Å². The van der Waals surface area contributed by atoms with Crippen molar-refractivity contribution < 1.29 is 19.1 Å². The Balaban J connectivity index is 1.52. The lowest BCUT2D eigenvalue weighted by atomic mass is 10.1. The van der Waals surface area contributed by atoms with Crippen LogP contribution in [-0.2, 0) is 4.79 Å². The molecule has 0 aliphatic heterocycles. The quantitative estimate of drug-likeness (QED) is 0.248. The van der Waals surface area contributed by atoms with Gasteiger partial charge in [-0.2, -0.15) is 0 Å². The maximum Gasteiger partial charge on any atom is 0.276 e. The number of rotatable bonds is 6. The minimum Gasteiger partial charge on any atom is -0.493 e. The van der Waals surface area contributed by atoms with E-state index in [4.69, 9.17) is 21.7 Å². The number of hydrogen-bond acceptors (Lipinski definition) is 5. The first-order valence-corrected chi connectivity index (χ1v) is 12.4. The van der Waals surface area contributed by atoms with Crippen LogP contribution in [0.25, 0.3) is 10.8 Å². The van der Waals surface area contributed by atoms with Crippen LogP contribution >= 0.6 is 60.0 Å². The van der Waals surface area contributed by atoms with Crippen LogP contribution in [-0.4, -0.2) is 30.1 Å². The number of carbonyl (C=O) groups is 2. The Morgan fingerprint density at radius 3 is 2.36 bits per heavy atom. The van der Waals surface area contributed by atoms with E-state index in [0.717, 1.165) is 19.7 Å². The zero-order chi connectivity index (χ0) is 24.0. The van der Waals surface area contributed by atoms with Crippen molar-refractivity contribution in [1.82, 2.24) is 16.2 Å². The summed E-state index contributed by atoms with van der Waals surface area (Å²) in [6.45, 7) is 1.97. The molecule has 0 bridgehead atoms. The van der Waals surface area contributed by atoms with Crippen LogP contribution in [0.4, 0.5) is 0 Å². The van der Waals surface area contributed by atoms with E-state index in [2.05, 4.69) is 64.0 Å². The van der Waals surface area contributed by atoms with E-state index in [1.165, 1.54) is 0 Å². The SMILES string of the molecule is CCOc1ccc(Br)cc1C(=O)NC(=S)NNC(=O)COc1ccc2cc(Br)ccc2c1Br. The van der Waals surface area contributed by atoms with Crippen LogP contribution < -0.4 is 25.6 Å². The molecule has 172 valence electrons. The zero-order valence-corrected chi connectivity index (χ0v) is 22.8. The van der Waals surface area contributed by atoms with Crippen molar-refractivity contribution in [2.45, 2.75) is 6.92 Å². The molecule has 0 spiro atoms. The molecule has 3 aromatic carbocycles. The molecule has 0 radical (unpaired) electrons. The molecule has 0 aliphatic rings. The number of hydrazine groups is 1. The molecular formula is C22H18Br3N3O4S. The van der Waals surface area contributed by atoms with Crippen LogP contribution in [0.1, 0.15) is 17.3 Å². The number of carbonyl (C=O) groups excluding carboxylic acids is 2. The van der Waals surface area contributed by atoms with Crippen molar-refractivity contribution in [3.8, 4) is 11.5 Å². The van der Waals surface area contributed by atoms with Gasteiger partial charge in [0.1, 0.15) is 11.5 Å². The van der Waals surface area contributed by atoms with Crippen molar-refractivity contribution in [1.29, 1.82) is 0 Å². The first kappa shape index (κ1) is 25.4. The van der Waals surface area contributed by atoms with Crippen LogP contribution in [0.5, 0.6) is 11.5 Å². The fourth-order valence-electron chi connectivity index (χ4n) is 2.82. The van der Waals surface area contributed by atoms with Gasteiger partial charge in [-0.3, -0.25) is 25.8 Å². The molecule has 3 N–H and O–H groups in total. The minimum absolute atomic E-state index is 0.0757. The third kappa shape index (κ3) is 6.89. The molecule has 0 saturated heterocycles. The molecule has 0 fully saturated rings. The van der Waals surface area contributed by atoms with Gasteiger partial charge in [0.05, 0.1) is 16.6 Å². The van der Waals surface area contributed by atoms with Crippen molar-refractivity contribution in [2.24, 2.45) is 0 Å². The van der Waals surface area contributed by atoms with Gasteiger partial charge in [0.15, 0.2) is 11.7 Å². The standard InChI is InChI=1S/C22H18Br3N3O4S/c1-2-31-17-8-5-14(24)10-16(17)21(30)26-22(33)28-27-19(29)11-32-18-7-3-12-9-13(23)4-6-15(12)20(18)25/h3-10H,2,11H2,1H3,(H,27,29)(H2,26,28,30,33). The zero-order valence-electron chi connectivity index (χ0n) is 17.2. The Morgan fingerprint density at radius 1 is 0.909 bits per heavy atom. The lowest BCUT2D eigenvalue weighted by Gasteiger charge is -2.14. The van der Waals surface area contributed by atoms with E-state index < -0.39 is 11.8 Å². The summed E-state index contributed by atoms with van der Waals surface area (Å²) in [5.41, 5.74) is 5.18. The van der Waals surface area contributed by atoms with Crippen LogP contribution in [0.15, 0.2) is 61.9 Å². The lowest BCUT2D eigenvalue weighted by Crippen LogP contribution is -2.49. The van der Waals surface area contributed by atoms with Crippen molar-refractivity contribution in [2.75, 3.05) is 13.2 Å². The highest BCUT2D eigenvalue weighted by Crippen LogP contribution is 2.34. The molecule has 0 aromatic heterocycles. The largest absolute Gasteiger partial charge is 0.493 e. The van der Waals surface area contributed by atoms with Gasteiger partial charge in [-0.25, -0.2) is 0 Å². The summed E-state index contributed by atoms with van der Waals surface area (Å²) in [6.07, 6.45) is 0. The van der Waals surface area contributed by atoms with Gasteiger partial charge in [0.2, 0.25) is 0 Å². The third-order valence-electron chi connectivity index (χ3n) is 4.27. The Hall–Kier alpha value is -2.21. The maximum atomic E-state index is 12.5. The molecule has 0 heterocycles. The summed E-state index contributed by atoms with van der Waals surface area (Å²) in [4.78, 5) is 24.7. The Kier molecular flexibility index (Phi) is 9.07. The normalized spacial score (nSPS) is 10.4. The third-order valence-corrected chi connectivity index (χ3v) is 6.28. The molecule has 7 nitrogen and oxygen atoms in total. The van der Waals surface area contributed by atoms with Gasteiger partial charge in [0, 0.05) is 8.95 Å². The second-order valence-electron chi connectivity index (χ2n) is 6.56. The Morgan fingerprint density at radius 2 is 1.61 bits per heavy atom.